The number of ether oxygens (including phenoxy) is 3. The van der Waals surface area contributed by atoms with Crippen molar-refractivity contribution in [1.82, 2.24) is 4.98 Å². The molecule has 0 N–H and O–H groups in total. The monoisotopic (exact) mass is 551 g/mol. The topological polar surface area (TPSA) is 74.7 Å². The van der Waals surface area contributed by atoms with Gasteiger partial charge in [-0.1, -0.05) is 60.3 Å². The number of nitrogens with zero attached hydrogens (tertiary/aromatic N) is 1. The highest BCUT2D eigenvalue weighted by Gasteiger charge is 2.34. The minimum atomic E-state index is -0.780. The first-order chi connectivity index (χ1) is 18.4. The van der Waals surface area contributed by atoms with Crippen LogP contribution >= 0.6 is 23.1 Å². The molecule has 1 fully saturated rings. The summed E-state index contributed by atoms with van der Waals surface area (Å²) in [5, 5.41) is 1.86. The van der Waals surface area contributed by atoms with Gasteiger partial charge in [0.05, 0.1) is 12.1 Å². The number of thioether (sulfide) groups is 1. The van der Waals surface area contributed by atoms with Crippen molar-refractivity contribution in [3.8, 4) is 11.1 Å². The second kappa shape index (κ2) is 12.0. The van der Waals surface area contributed by atoms with E-state index in [9.17, 15) is 9.59 Å². The average Bonchev–Trinajstić information content (AvgIpc) is 3.45. The number of carbonyl (C=O) groups excluding carboxylic acids is 2. The summed E-state index contributed by atoms with van der Waals surface area (Å²) in [6, 6.07) is 16.6. The molecule has 8 heteroatoms. The van der Waals surface area contributed by atoms with E-state index in [4.69, 9.17) is 14.2 Å². The summed E-state index contributed by atoms with van der Waals surface area (Å²) in [5.74, 6) is -0.506. The number of aromatic nitrogens is 1. The summed E-state index contributed by atoms with van der Waals surface area (Å²) in [5.41, 5.74) is 5.44. The lowest BCUT2D eigenvalue weighted by atomic mass is 9.98. The van der Waals surface area contributed by atoms with Gasteiger partial charge in [-0.2, -0.15) is 0 Å². The molecule has 0 atom stereocenters. The van der Waals surface area contributed by atoms with Crippen LogP contribution in [0, 0.1) is 0 Å². The van der Waals surface area contributed by atoms with Crippen molar-refractivity contribution in [3.63, 3.8) is 0 Å². The zero-order chi connectivity index (χ0) is 26.5. The van der Waals surface area contributed by atoms with E-state index in [1.54, 1.807) is 0 Å². The van der Waals surface area contributed by atoms with E-state index in [1.165, 1.54) is 45.4 Å². The number of benzene rings is 2. The molecule has 6 nitrogen and oxygen atoms in total. The Morgan fingerprint density at radius 3 is 2.32 bits per heavy atom. The van der Waals surface area contributed by atoms with Gasteiger partial charge in [0.25, 0.3) is 0 Å². The highest BCUT2D eigenvalue weighted by molar-refractivity contribution is 8.03. The maximum atomic E-state index is 12.9. The molecule has 5 rings (SSSR count). The minimum absolute atomic E-state index is 0.0325. The van der Waals surface area contributed by atoms with Crippen molar-refractivity contribution in [2.75, 3.05) is 19.8 Å². The molecule has 0 radical (unpaired) electrons. The first-order valence-corrected chi connectivity index (χ1v) is 14.9. The molecule has 200 valence electrons. The summed E-state index contributed by atoms with van der Waals surface area (Å²) in [6.07, 6.45) is 3.49. The molecular formula is C30H33NO5S2. The van der Waals surface area contributed by atoms with Crippen LogP contribution in [0.15, 0.2) is 58.3 Å². The Hall–Kier alpha value is -2.68. The fraction of sp³-hybridized carbons (Fsp3) is 0.433. The Bertz CT molecular complexity index is 1230. The van der Waals surface area contributed by atoms with Gasteiger partial charge in [0.1, 0.15) is 17.5 Å². The van der Waals surface area contributed by atoms with Crippen molar-refractivity contribution in [2.24, 2.45) is 0 Å². The zero-order valence-electron chi connectivity index (χ0n) is 21.8. The third-order valence-electron chi connectivity index (χ3n) is 6.97. The number of fused-ring (bicyclic) bond motifs is 3. The molecule has 0 saturated carbocycles. The van der Waals surface area contributed by atoms with Crippen LogP contribution in [-0.2, 0) is 30.2 Å². The average molecular weight is 552 g/mol. The van der Waals surface area contributed by atoms with E-state index in [1.807, 2.05) is 43.5 Å². The van der Waals surface area contributed by atoms with Crippen LogP contribution in [-0.4, -0.2) is 47.6 Å². The first kappa shape index (κ1) is 26.9. The lowest BCUT2D eigenvalue weighted by Gasteiger charge is -2.26. The standard InChI is InChI=1S/C30H33NO5S2/c1-30(2,28(33)36-21-9-7-15-34-16-8-10-21)38-29-31-20(19-37-29)17-27(32)35-18-26-24-13-5-3-11-22(24)23-12-4-6-14-25(23)26/h3-6,11-14,19,21,26H,7-10,15-18H2,1-2H3. The lowest BCUT2D eigenvalue weighted by Crippen LogP contribution is -2.34. The summed E-state index contributed by atoms with van der Waals surface area (Å²) in [4.78, 5) is 30.3. The Labute approximate surface area is 232 Å². The Kier molecular flexibility index (Phi) is 8.51. The summed E-state index contributed by atoms with van der Waals surface area (Å²) < 4.78 is 17.0. The van der Waals surface area contributed by atoms with Gasteiger partial charge in [-0.3, -0.25) is 9.59 Å². The van der Waals surface area contributed by atoms with Gasteiger partial charge in [-0.05, 0) is 61.8 Å². The number of carbonyl (C=O) groups is 2. The molecule has 3 aromatic rings. The molecule has 38 heavy (non-hydrogen) atoms. The molecule has 0 amide bonds. The molecule has 2 heterocycles. The van der Waals surface area contributed by atoms with Crippen molar-refractivity contribution in [2.45, 2.75) is 67.1 Å². The van der Waals surface area contributed by atoms with Crippen LogP contribution < -0.4 is 0 Å². The van der Waals surface area contributed by atoms with Crippen molar-refractivity contribution in [1.29, 1.82) is 0 Å². The van der Waals surface area contributed by atoms with Crippen LogP contribution in [0.5, 0.6) is 0 Å². The predicted octanol–water partition coefficient (Wildman–Crippen LogP) is 6.41. The quantitative estimate of drug-likeness (QED) is 0.236. The molecule has 1 aromatic heterocycles. The Morgan fingerprint density at radius 2 is 1.66 bits per heavy atom. The van der Waals surface area contributed by atoms with Crippen LogP contribution in [0.3, 0.4) is 0 Å². The van der Waals surface area contributed by atoms with Gasteiger partial charge in [-0.25, -0.2) is 4.98 Å². The molecule has 1 saturated heterocycles. The molecule has 2 aliphatic rings. The molecule has 0 bridgehead atoms. The van der Waals surface area contributed by atoms with Gasteiger partial charge >= 0.3 is 11.9 Å². The number of rotatable bonds is 8. The smallest absolute Gasteiger partial charge is 0.322 e. The van der Waals surface area contributed by atoms with E-state index >= 15 is 0 Å². The number of hydrogen-bond acceptors (Lipinski definition) is 8. The number of hydrogen-bond donors (Lipinski definition) is 0. The summed E-state index contributed by atoms with van der Waals surface area (Å²) in [6.45, 7) is 5.46. The molecule has 2 aromatic carbocycles. The largest absolute Gasteiger partial charge is 0.464 e. The molecule has 1 aliphatic heterocycles. The Balaban J connectivity index is 1.14. The summed E-state index contributed by atoms with van der Waals surface area (Å²) >= 11 is 2.81. The van der Waals surface area contributed by atoms with Gasteiger partial charge in [0.15, 0.2) is 4.34 Å². The first-order valence-electron chi connectivity index (χ1n) is 13.2. The minimum Gasteiger partial charge on any atom is -0.464 e. The predicted molar refractivity (Wildman–Crippen MR) is 150 cm³/mol. The van der Waals surface area contributed by atoms with Gasteiger partial charge in [-0.15, -0.1) is 11.3 Å². The second-order valence-electron chi connectivity index (χ2n) is 10.2. The summed E-state index contributed by atoms with van der Waals surface area (Å²) in [7, 11) is 0. The third kappa shape index (κ3) is 6.30. The zero-order valence-corrected chi connectivity index (χ0v) is 23.4. The van der Waals surface area contributed by atoms with E-state index in [-0.39, 0.29) is 30.4 Å². The van der Waals surface area contributed by atoms with Crippen molar-refractivity contribution < 1.29 is 23.8 Å². The lowest BCUT2D eigenvalue weighted by molar-refractivity contribution is -0.152. The van der Waals surface area contributed by atoms with Gasteiger partial charge in [0.2, 0.25) is 0 Å². The van der Waals surface area contributed by atoms with Crippen LogP contribution in [0.25, 0.3) is 11.1 Å². The van der Waals surface area contributed by atoms with Crippen LogP contribution in [0.2, 0.25) is 0 Å². The van der Waals surface area contributed by atoms with Gasteiger partial charge in [0, 0.05) is 24.5 Å². The van der Waals surface area contributed by atoms with Crippen LogP contribution in [0.4, 0.5) is 0 Å². The highest BCUT2D eigenvalue weighted by atomic mass is 32.2. The van der Waals surface area contributed by atoms with E-state index in [0.29, 0.717) is 12.3 Å². The second-order valence-corrected chi connectivity index (χ2v) is 13.0. The van der Waals surface area contributed by atoms with E-state index in [2.05, 4.69) is 29.2 Å². The number of thiazole rings is 1. The fourth-order valence-electron chi connectivity index (χ4n) is 4.97. The SMILES string of the molecule is CC(C)(Sc1nc(CC(=O)OCC2c3ccccc3-c3ccccc32)cs1)C(=O)OC1CCCOCCC1. The fourth-order valence-corrected chi connectivity index (χ4v) is 7.21. The molecular weight excluding hydrogens is 518 g/mol. The van der Waals surface area contributed by atoms with Crippen molar-refractivity contribution >= 4 is 35.0 Å². The molecule has 0 spiro atoms. The Morgan fingerprint density at radius 1 is 1.03 bits per heavy atom. The van der Waals surface area contributed by atoms with E-state index in [0.717, 1.165) is 43.2 Å². The van der Waals surface area contributed by atoms with E-state index < -0.39 is 4.75 Å². The third-order valence-corrected chi connectivity index (χ3v) is 9.13. The maximum Gasteiger partial charge on any atom is 0.322 e. The molecule has 1 aliphatic carbocycles. The van der Waals surface area contributed by atoms with Crippen molar-refractivity contribution in [3.05, 3.63) is 70.7 Å². The normalized spacial score (nSPS) is 16.3. The highest BCUT2D eigenvalue weighted by Crippen LogP contribution is 2.44. The maximum absolute atomic E-state index is 12.9. The molecule has 0 unspecified atom stereocenters. The van der Waals surface area contributed by atoms with Gasteiger partial charge < -0.3 is 14.2 Å². The van der Waals surface area contributed by atoms with Crippen LogP contribution in [0.1, 0.15) is 62.3 Å². The number of esters is 2.